The molecule has 0 unspecified atom stereocenters. The first-order valence-electron chi connectivity index (χ1n) is 8.69. The number of halogens is 3. The van der Waals surface area contributed by atoms with E-state index >= 15 is 0 Å². The lowest BCUT2D eigenvalue weighted by molar-refractivity contribution is -0.130. The Bertz CT molecular complexity index is 732. The van der Waals surface area contributed by atoms with Crippen molar-refractivity contribution in [1.29, 1.82) is 0 Å². The molecule has 8 nitrogen and oxygen atoms in total. The molecule has 0 aliphatic carbocycles. The largest absolute Gasteiger partial charge is 0.390 e. The molecule has 3 heterocycles. The van der Waals surface area contributed by atoms with Gasteiger partial charge in [0.1, 0.15) is 0 Å². The average Bonchev–Trinajstić information content (AvgIpc) is 2.67. The smallest absolute Gasteiger partial charge is 0.378 e. The van der Waals surface area contributed by atoms with E-state index in [0.29, 0.717) is 32.1 Å². The molecule has 152 valence electrons. The Labute approximate surface area is 155 Å². The van der Waals surface area contributed by atoms with Crippen LogP contribution in [0.5, 0.6) is 0 Å². The first-order chi connectivity index (χ1) is 12.7. The molecule has 1 aromatic heterocycles. The van der Waals surface area contributed by atoms with Crippen LogP contribution in [0.2, 0.25) is 0 Å². The number of sulfonamides is 1. The number of aromatic nitrogens is 2. The molecule has 2 fully saturated rings. The van der Waals surface area contributed by atoms with Gasteiger partial charge in [-0.25, -0.2) is 8.42 Å². The van der Waals surface area contributed by atoms with Crippen LogP contribution in [-0.2, 0) is 14.8 Å². The number of piperazine rings is 1. The van der Waals surface area contributed by atoms with Crippen molar-refractivity contribution in [1.82, 2.24) is 14.5 Å². The van der Waals surface area contributed by atoms with Crippen LogP contribution >= 0.6 is 0 Å². The fourth-order valence-corrected chi connectivity index (χ4v) is 4.53. The molecule has 2 saturated heterocycles. The number of morpholine rings is 1. The second-order valence-corrected chi connectivity index (χ2v) is 8.53. The van der Waals surface area contributed by atoms with Gasteiger partial charge in [0.2, 0.25) is 10.0 Å². The molecule has 0 spiro atoms. The molecule has 0 N–H and O–H groups in total. The molecular weight excluding hydrogens is 387 g/mol. The van der Waals surface area contributed by atoms with Crippen LogP contribution in [0.15, 0.2) is 12.3 Å². The summed E-state index contributed by atoms with van der Waals surface area (Å²) >= 11 is 0. The molecule has 0 aromatic carbocycles. The summed E-state index contributed by atoms with van der Waals surface area (Å²) in [7, 11) is -3.92. The summed E-state index contributed by atoms with van der Waals surface area (Å²) < 4.78 is 67.6. The Morgan fingerprint density at radius 2 is 1.70 bits per heavy atom. The summed E-state index contributed by atoms with van der Waals surface area (Å²) in [6.45, 7) is 3.78. The quantitative estimate of drug-likeness (QED) is 0.709. The topological polar surface area (TPSA) is 78.9 Å². The molecule has 0 saturated carbocycles. The highest BCUT2D eigenvalue weighted by Crippen LogP contribution is 2.23. The van der Waals surface area contributed by atoms with E-state index in [1.807, 2.05) is 11.0 Å². The third-order valence-corrected chi connectivity index (χ3v) is 6.47. The van der Waals surface area contributed by atoms with E-state index in [2.05, 4.69) is 15.1 Å². The lowest BCUT2D eigenvalue weighted by Crippen LogP contribution is -2.49. The molecular formula is C15H22F3N5O3S. The van der Waals surface area contributed by atoms with E-state index in [0.717, 1.165) is 23.1 Å². The highest BCUT2D eigenvalue weighted by atomic mass is 32.2. The van der Waals surface area contributed by atoms with Crippen LogP contribution in [0.25, 0.3) is 0 Å². The van der Waals surface area contributed by atoms with Crippen molar-refractivity contribution in [3.63, 3.8) is 0 Å². The minimum atomic E-state index is -4.48. The van der Waals surface area contributed by atoms with Gasteiger partial charge in [-0.05, 0) is 0 Å². The van der Waals surface area contributed by atoms with Gasteiger partial charge >= 0.3 is 6.18 Å². The van der Waals surface area contributed by atoms with Crippen LogP contribution in [0.3, 0.4) is 0 Å². The maximum absolute atomic E-state index is 12.3. The predicted octanol–water partition coefficient (Wildman–Crippen LogP) is 0.717. The summed E-state index contributed by atoms with van der Waals surface area (Å²) in [5.41, 5.74) is 0.920. The maximum Gasteiger partial charge on any atom is 0.390 e. The first kappa shape index (κ1) is 20.1. The second-order valence-electron chi connectivity index (χ2n) is 6.44. The van der Waals surface area contributed by atoms with Crippen molar-refractivity contribution in [2.75, 3.05) is 68.0 Å². The highest BCUT2D eigenvalue weighted by molar-refractivity contribution is 7.89. The normalized spacial score (nSPS) is 20.1. The van der Waals surface area contributed by atoms with Crippen molar-refractivity contribution >= 4 is 21.5 Å². The number of hydrogen-bond donors (Lipinski definition) is 0. The van der Waals surface area contributed by atoms with Gasteiger partial charge in [-0.15, -0.1) is 5.10 Å². The van der Waals surface area contributed by atoms with Gasteiger partial charge in [0, 0.05) is 45.3 Å². The van der Waals surface area contributed by atoms with Crippen LogP contribution in [0.4, 0.5) is 24.7 Å². The van der Waals surface area contributed by atoms with Gasteiger partial charge in [-0.3, -0.25) is 0 Å². The minimum absolute atomic E-state index is 0.129. The molecule has 2 aliphatic heterocycles. The van der Waals surface area contributed by atoms with Crippen molar-refractivity contribution in [2.45, 2.75) is 12.6 Å². The molecule has 1 aromatic rings. The predicted molar refractivity (Wildman–Crippen MR) is 93.3 cm³/mol. The van der Waals surface area contributed by atoms with Gasteiger partial charge in [-0.1, -0.05) is 0 Å². The first-order valence-corrected chi connectivity index (χ1v) is 10.3. The monoisotopic (exact) mass is 409 g/mol. The Morgan fingerprint density at radius 1 is 1.04 bits per heavy atom. The third kappa shape index (κ3) is 5.42. The molecule has 12 heteroatoms. The van der Waals surface area contributed by atoms with Crippen molar-refractivity contribution in [3.05, 3.63) is 12.3 Å². The standard InChI is InChI=1S/C15H22F3N5O3S/c16-15(17,18)1-10-27(24,25)23-4-2-22(3-5-23)14-11-13(12-19-20-14)21-6-8-26-9-7-21/h11-12H,1-10H2. The average molecular weight is 409 g/mol. The maximum atomic E-state index is 12.3. The summed E-state index contributed by atoms with van der Waals surface area (Å²) in [6.07, 6.45) is -4.14. The van der Waals surface area contributed by atoms with Crippen LogP contribution < -0.4 is 9.80 Å². The molecule has 2 aliphatic rings. The summed E-state index contributed by atoms with van der Waals surface area (Å²) in [6, 6.07) is 1.89. The van der Waals surface area contributed by atoms with E-state index in [1.165, 1.54) is 0 Å². The minimum Gasteiger partial charge on any atom is -0.378 e. The van der Waals surface area contributed by atoms with Crippen LogP contribution in [-0.4, -0.2) is 87.3 Å². The zero-order valence-electron chi connectivity index (χ0n) is 14.7. The molecule has 0 radical (unpaired) electrons. The lowest BCUT2D eigenvalue weighted by atomic mass is 10.3. The fourth-order valence-electron chi connectivity index (χ4n) is 3.06. The van der Waals surface area contributed by atoms with E-state index in [-0.39, 0.29) is 13.1 Å². The van der Waals surface area contributed by atoms with Gasteiger partial charge in [0.25, 0.3) is 0 Å². The zero-order chi connectivity index (χ0) is 19.5. The molecule has 0 bridgehead atoms. The molecule has 27 heavy (non-hydrogen) atoms. The van der Waals surface area contributed by atoms with Crippen LogP contribution in [0.1, 0.15) is 6.42 Å². The second kappa shape index (κ2) is 8.15. The fraction of sp³-hybridized carbons (Fsp3) is 0.733. The zero-order valence-corrected chi connectivity index (χ0v) is 15.5. The number of anilines is 2. The van der Waals surface area contributed by atoms with Gasteiger partial charge in [-0.2, -0.15) is 22.6 Å². The summed E-state index contributed by atoms with van der Waals surface area (Å²) in [5.74, 6) is -0.283. The lowest BCUT2D eigenvalue weighted by Gasteiger charge is -2.35. The number of hydrogen-bond acceptors (Lipinski definition) is 7. The highest BCUT2D eigenvalue weighted by Gasteiger charge is 2.34. The Morgan fingerprint density at radius 3 is 2.33 bits per heavy atom. The van der Waals surface area contributed by atoms with E-state index in [9.17, 15) is 21.6 Å². The Hall–Kier alpha value is -1.66. The number of ether oxygens (including phenoxy) is 1. The van der Waals surface area contributed by atoms with Crippen molar-refractivity contribution in [3.8, 4) is 0 Å². The van der Waals surface area contributed by atoms with Gasteiger partial charge in [0.05, 0.1) is 37.3 Å². The summed E-state index contributed by atoms with van der Waals surface area (Å²) in [5, 5.41) is 8.14. The Kier molecular flexibility index (Phi) is 6.06. The van der Waals surface area contributed by atoms with E-state index in [4.69, 9.17) is 4.74 Å². The molecule has 3 rings (SSSR count). The Balaban J connectivity index is 1.59. The number of alkyl halides is 3. The van der Waals surface area contributed by atoms with Crippen LogP contribution in [0, 0.1) is 0 Å². The van der Waals surface area contributed by atoms with E-state index < -0.39 is 28.4 Å². The number of rotatable bonds is 5. The van der Waals surface area contributed by atoms with Gasteiger partial charge < -0.3 is 14.5 Å². The summed E-state index contributed by atoms with van der Waals surface area (Å²) in [4.78, 5) is 4.03. The number of nitrogens with zero attached hydrogens (tertiary/aromatic N) is 5. The molecule has 0 atom stereocenters. The van der Waals surface area contributed by atoms with Gasteiger partial charge in [0.15, 0.2) is 5.82 Å². The van der Waals surface area contributed by atoms with E-state index in [1.54, 1.807) is 6.20 Å². The SMILES string of the molecule is O=S(=O)(CCC(F)(F)F)N1CCN(c2cc(N3CCOCC3)cnn2)CC1. The van der Waals surface area contributed by atoms with Crippen molar-refractivity contribution < 1.29 is 26.3 Å². The third-order valence-electron chi connectivity index (χ3n) is 4.60. The van der Waals surface area contributed by atoms with Crippen molar-refractivity contribution in [2.24, 2.45) is 0 Å². The molecule has 0 amide bonds.